The summed E-state index contributed by atoms with van der Waals surface area (Å²) in [7, 11) is 0. The fourth-order valence-corrected chi connectivity index (χ4v) is 5.01. The summed E-state index contributed by atoms with van der Waals surface area (Å²) in [4.78, 5) is 14.4. The average Bonchev–Trinajstić information content (AvgIpc) is 3.38. The van der Waals surface area contributed by atoms with Crippen molar-refractivity contribution in [3.8, 4) is 11.3 Å². The smallest absolute Gasteiger partial charge is 0.232 e. The van der Waals surface area contributed by atoms with Crippen LogP contribution >= 0.6 is 23.8 Å². The first-order valence-corrected chi connectivity index (χ1v) is 13.6. The SMILES string of the molecule is CC1CCN(c2cc(N3CCCCC3)nc(NC(=S)NCc3ccc(-c4ccc(Cl)cc4)o3)n2)CC1. The number of benzene rings is 1. The first kappa shape index (κ1) is 24.8. The van der Waals surface area contributed by atoms with E-state index in [0.29, 0.717) is 22.6 Å². The maximum atomic E-state index is 5.99. The number of halogens is 1. The summed E-state index contributed by atoms with van der Waals surface area (Å²) >= 11 is 11.6. The van der Waals surface area contributed by atoms with Gasteiger partial charge in [0.05, 0.1) is 6.54 Å². The van der Waals surface area contributed by atoms with Crippen molar-refractivity contribution in [1.82, 2.24) is 15.3 Å². The van der Waals surface area contributed by atoms with Gasteiger partial charge in [-0.15, -0.1) is 0 Å². The van der Waals surface area contributed by atoms with Gasteiger partial charge < -0.3 is 24.9 Å². The zero-order valence-electron chi connectivity index (χ0n) is 20.7. The lowest BCUT2D eigenvalue weighted by Crippen LogP contribution is -2.35. The lowest BCUT2D eigenvalue weighted by atomic mass is 9.99. The van der Waals surface area contributed by atoms with Crippen molar-refractivity contribution in [2.45, 2.75) is 45.6 Å². The Morgan fingerprint density at radius 2 is 1.64 bits per heavy atom. The first-order chi connectivity index (χ1) is 17.5. The monoisotopic (exact) mass is 524 g/mol. The zero-order valence-corrected chi connectivity index (χ0v) is 22.2. The second-order valence-corrected chi connectivity index (χ2v) is 10.6. The Kier molecular flexibility index (Phi) is 7.92. The Bertz CT molecular complexity index is 1170. The van der Waals surface area contributed by atoms with Gasteiger partial charge >= 0.3 is 0 Å². The Balaban J connectivity index is 1.25. The summed E-state index contributed by atoms with van der Waals surface area (Å²) in [6.45, 7) is 6.89. The van der Waals surface area contributed by atoms with Crippen LogP contribution in [0, 0.1) is 5.92 Å². The van der Waals surface area contributed by atoms with Gasteiger partial charge in [0.25, 0.3) is 0 Å². The molecule has 3 aromatic rings. The highest BCUT2D eigenvalue weighted by molar-refractivity contribution is 7.80. The third-order valence-electron chi connectivity index (χ3n) is 6.93. The van der Waals surface area contributed by atoms with E-state index in [-0.39, 0.29) is 0 Å². The lowest BCUT2D eigenvalue weighted by Gasteiger charge is -2.33. The van der Waals surface area contributed by atoms with Crippen LogP contribution in [0.1, 0.15) is 44.8 Å². The molecule has 36 heavy (non-hydrogen) atoms. The molecule has 0 spiro atoms. The molecule has 1 aromatic carbocycles. The molecule has 0 bridgehead atoms. The van der Waals surface area contributed by atoms with E-state index in [1.165, 1.54) is 32.1 Å². The number of piperidine rings is 2. The molecule has 2 saturated heterocycles. The molecule has 0 radical (unpaired) electrons. The topological polar surface area (TPSA) is 69.5 Å². The normalized spacial score (nSPS) is 16.7. The highest BCUT2D eigenvalue weighted by Gasteiger charge is 2.21. The van der Waals surface area contributed by atoms with Gasteiger partial charge in [0.15, 0.2) is 5.11 Å². The van der Waals surface area contributed by atoms with E-state index < -0.39 is 0 Å². The second-order valence-electron chi connectivity index (χ2n) is 9.71. The second kappa shape index (κ2) is 11.5. The molecular formula is C27H33ClN6OS. The van der Waals surface area contributed by atoms with Gasteiger partial charge in [0.2, 0.25) is 5.95 Å². The van der Waals surface area contributed by atoms with E-state index in [4.69, 9.17) is 38.2 Å². The molecule has 2 fully saturated rings. The van der Waals surface area contributed by atoms with Crippen LogP contribution in [0.15, 0.2) is 46.9 Å². The highest BCUT2D eigenvalue weighted by Crippen LogP contribution is 2.27. The molecule has 0 unspecified atom stereocenters. The van der Waals surface area contributed by atoms with Crippen molar-refractivity contribution >= 4 is 46.5 Å². The van der Waals surface area contributed by atoms with Crippen molar-refractivity contribution in [2.24, 2.45) is 5.92 Å². The van der Waals surface area contributed by atoms with Crippen molar-refractivity contribution < 1.29 is 4.42 Å². The van der Waals surface area contributed by atoms with Gasteiger partial charge in [0, 0.05) is 42.8 Å². The predicted molar refractivity (Wildman–Crippen MR) is 151 cm³/mol. The zero-order chi connectivity index (χ0) is 24.9. The molecule has 190 valence electrons. The fourth-order valence-electron chi connectivity index (χ4n) is 4.72. The van der Waals surface area contributed by atoms with Crippen LogP contribution in [-0.2, 0) is 6.54 Å². The minimum Gasteiger partial charge on any atom is -0.459 e. The molecular weight excluding hydrogens is 492 g/mol. The minimum absolute atomic E-state index is 0.460. The molecule has 4 heterocycles. The standard InChI is InChI=1S/C27H33ClN6OS/c1-19-11-15-34(16-12-19)25-17-24(33-13-3-2-4-14-33)30-26(31-25)32-27(36)29-18-22-9-10-23(35-22)20-5-7-21(28)8-6-20/h5-10,17,19H,2-4,11-16,18H2,1H3,(H2,29,30,31,32,36). The summed E-state index contributed by atoms with van der Waals surface area (Å²) in [5.74, 6) is 4.82. The average molecular weight is 525 g/mol. The summed E-state index contributed by atoms with van der Waals surface area (Å²) in [6.07, 6.45) is 6.05. The van der Waals surface area contributed by atoms with Gasteiger partial charge in [-0.2, -0.15) is 9.97 Å². The summed E-state index contributed by atoms with van der Waals surface area (Å²) in [5, 5.41) is 7.60. The van der Waals surface area contributed by atoms with E-state index in [2.05, 4.69) is 33.4 Å². The van der Waals surface area contributed by atoms with E-state index >= 15 is 0 Å². The number of hydrogen-bond donors (Lipinski definition) is 2. The molecule has 0 atom stereocenters. The van der Waals surface area contributed by atoms with Gasteiger partial charge in [-0.05, 0) is 86.6 Å². The molecule has 9 heteroatoms. The summed E-state index contributed by atoms with van der Waals surface area (Å²) in [6, 6.07) is 13.6. The van der Waals surface area contributed by atoms with Crippen molar-refractivity contribution in [2.75, 3.05) is 41.3 Å². The molecule has 2 aliphatic rings. The minimum atomic E-state index is 0.460. The maximum absolute atomic E-state index is 5.99. The van der Waals surface area contributed by atoms with Crippen LogP contribution in [-0.4, -0.2) is 41.3 Å². The number of anilines is 3. The summed E-state index contributed by atoms with van der Waals surface area (Å²) < 4.78 is 5.98. The van der Waals surface area contributed by atoms with Crippen LogP contribution in [0.5, 0.6) is 0 Å². The number of hydrogen-bond acceptors (Lipinski definition) is 6. The van der Waals surface area contributed by atoms with E-state index in [1.54, 1.807) is 0 Å². The van der Waals surface area contributed by atoms with E-state index in [9.17, 15) is 0 Å². The van der Waals surface area contributed by atoms with E-state index in [0.717, 1.165) is 60.8 Å². The Morgan fingerprint density at radius 3 is 2.33 bits per heavy atom. The highest BCUT2D eigenvalue weighted by atomic mass is 35.5. The van der Waals surface area contributed by atoms with Crippen molar-refractivity contribution in [3.05, 3.63) is 53.2 Å². The molecule has 5 rings (SSSR count). The van der Waals surface area contributed by atoms with Crippen LogP contribution in [0.4, 0.5) is 17.6 Å². The third-order valence-corrected chi connectivity index (χ3v) is 7.42. The molecule has 2 aromatic heterocycles. The molecule has 0 saturated carbocycles. The molecule has 0 aliphatic carbocycles. The molecule has 0 amide bonds. The number of aromatic nitrogens is 2. The number of furan rings is 1. The Labute approximate surface area is 223 Å². The Hall–Kier alpha value is -2.84. The van der Waals surface area contributed by atoms with Gasteiger partial charge in [0.1, 0.15) is 23.2 Å². The fraction of sp³-hybridized carbons (Fsp3) is 0.444. The number of nitrogens with zero attached hydrogens (tertiary/aromatic N) is 4. The first-order valence-electron chi connectivity index (χ1n) is 12.8. The Morgan fingerprint density at radius 1 is 0.972 bits per heavy atom. The van der Waals surface area contributed by atoms with Crippen LogP contribution in [0.3, 0.4) is 0 Å². The summed E-state index contributed by atoms with van der Waals surface area (Å²) in [5.41, 5.74) is 0.980. The number of rotatable bonds is 6. The molecule has 7 nitrogen and oxygen atoms in total. The van der Waals surface area contributed by atoms with Crippen molar-refractivity contribution in [1.29, 1.82) is 0 Å². The van der Waals surface area contributed by atoms with Crippen LogP contribution in [0.25, 0.3) is 11.3 Å². The maximum Gasteiger partial charge on any atom is 0.232 e. The van der Waals surface area contributed by atoms with Crippen LogP contribution < -0.4 is 20.4 Å². The number of nitrogens with one attached hydrogen (secondary N) is 2. The molecule has 2 N–H and O–H groups in total. The van der Waals surface area contributed by atoms with Gasteiger partial charge in [-0.25, -0.2) is 0 Å². The number of thiocarbonyl (C=S) groups is 1. The van der Waals surface area contributed by atoms with Gasteiger partial charge in [-0.3, -0.25) is 0 Å². The lowest BCUT2D eigenvalue weighted by molar-refractivity contribution is 0.436. The third kappa shape index (κ3) is 6.28. The quantitative estimate of drug-likeness (QED) is 0.375. The van der Waals surface area contributed by atoms with Gasteiger partial charge in [-0.1, -0.05) is 18.5 Å². The largest absolute Gasteiger partial charge is 0.459 e. The predicted octanol–water partition coefficient (Wildman–Crippen LogP) is 6.10. The van der Waals surface area contributed by atoms with E-state index in [1.807, 2.05) is 36.4 Å². The van der Waals surface area contributed by atoms with Crippen LogP contribution in [0.2, 0.25) is 5.02 Å². The molecule has 2 aliphatic heterocycles. The van der Waals surface area contributed by atoms with Crippen molar-refractivity contribution in [3.63, 3.8) is 0 Å².